The normalized spacial score (nSPS) is 15.9. The van der Waals surface area contributed by atoms with E-state index in [1.54, 1.807) is 6.92 Å². The highest BCUT2D eigenvalue weighted by atomic mass is 16.5. The first-order valence-corrected chi connectivity index (χ1v) is 6.88. The Bertz CT molecular complexity index is 518. The van der Waals surface area contributed by atoms with Crippen molar-refractivity contribution >= 4 is 11.8 Å². The van der Waals surface area contributed by atoms with Crippen molar-refractivity contribution in [3.63, 3.8) is 0 Å². The third-order valence-electron chi connectivity index (χ3n) is 3.71. The van der Waals surface area contributed by atoms with Crippen LogP contribution in [0.5, 0.6) is 0 Å². The van der Waals surface area contributed by atoms with Crippen molar-refractivity contribution in [2.45, 2.75) is 52.0 Å². The first-order chi connectivity index (χ1) is 9.50. The molecule has 110 valence electrons. The van der Waals surface area contributed by atoms with Crippen LogP contribution in [0.2, 0.25) is 0 Å². The van der Waals surface area contributed by atoms with Crippen molar-refractivity contribution in [3.8, 4) is 0 Å². The molecule has 2 amide bonds. The molecule has 7 heteroatoms. The molecule has 0 atom stereocenters. The number of nitrogens with zero attached hydrogens (tertiary/aromatic N) is 2. The predicted molar refractivity (Wildman–Crippen MR) is 71.5 cm³/mol. The summed E-state index contributed by atoms with van der Waals surface area (Å²) in [7, 11) is 0. The molecule has 0 spiro atoms. The largest absolute Gasteiger partial charge is 0.710 e. The summed E-state index contributed by atoms with van der Waals surface area (Å²) in [5, 5.41) is 11.9. The molecule has 0 saturated heterocycles. The van der Waals surface area contributed by atoms with Crippen molar-refractivity contribution in [2.75, 3.05) is 0 Å². The molecule has 0 aliphatic heterocycles. The molecule has 1 aromatic heterocycles. The second kappa shape index (κ2) is 5.94. The lowest BCUT2D eigenvalue weighted by molar-refractivity contribution is -0.607. The first kappa shape index (κ1) is 14.4. The number of carbonyl (C=O) groups excluding carboxylic acids is 2. The number of rotatable bonds is 2. The fraction of sp³-hybridized carbons (Fsp3) is 0.615. The third-order valence-corrected chi connectivity index (χ3v) is 3.71. The average Bonchev–Trinajstić information content (AvgIpc) is 2.72. The second-order valence-electron chi connectivity index (χ2n) is 5.21. The molecule has 1 saturated carbocycles. The molecule has 2 N–H and O–H groups in total. The van der Waals surface area contributed by atoms with E-state index in [1.165, 1.54) is 19.7 Å². The Morgan fingerprint density at radius 3 is 2.55 bits per heavy atom. The summed E-state index contributed by atoms with van der Waals surface area (Å²) >= 11 is 0. The lowest BCUT2D eigenvalue weighted by atomic mass is 9.95. The van der Waals surface area contributed by atoms with Crippen molar-refractivity contribution in [2.24, 2.45) is 0 Å². The Morgan fingerprint density at radius 1 is 1.30 bits per heavy atom. The van der Waals surface area contributed by atoms with Crippen molar-refractivity contribution in [1.82, 2.24) is 15.4 Å². The highest BCUT2D eigenvalue weighted by Gasteiger charge is 2.28. The Hall–Kier alpha value is -2.05. The first-order valence-electron chi connectivity index (χ1n) is 6.88. The van der Waals surface area contributed by atoms with E-state index in [1.807, 2.05) is 4.57 Å². The third kappa shape index (κ3) is 2.92. The van der Waals surface area contributed by atoms with Gasteiger partial charge in [0.15, 0.2) is 5.69 Å². The topological polar surface area (TPSA) is 90.1 Å². The number of nitrogens with one attached hydrogen (secondary N) is 2. The van der Waals surface area contributed by atoms with Crippen LogP contribution in [0.25, 0.3) is 0 Å². The zero-order valence-corrected chi connectivity index (χ0v) is 11.8. The molecule has 2 rings (SSSR count). The number of imidazole rings is 1. The summed E-state index contributed by atoms with van der Waals surface area (Å²) in [6.07, 6.45) is 7.01. The summed E-state index contributed by atoms with van der Waals surface area (Å²) in [6, 6.07) is 0.284. The minimum atomic E-state index is -0.595. The molecule has 0 aromatic carbocycles. The molecule has 1 aromatic rings. The van der Waals surface area contributed by atoms with Gasteiger partial charge in [-0.05, 0) is 25.7 Å². The van der Waals surface area contributed by atoms with Gasteiger partial charge in [-0.1, -0.05) is 6.42 Å². The van der Waals surface area contributed by atoms with Crippen LogP contribution in [-0.4, -0.2) is 16.4 Å². The zero-order valence-electron chi connectivity index (χ0n) is 11.8. The van der Waals surface area contributed by atoms with Gasteiger partial charge in [0.25, 0.3) is 0 Å². The van der Waals surface area contributed by atoms with Gasteiger partial charge in [0.05, 0.1) is 0 Å². The summed E-state index contributed by atoms with van der Waals surface area (Å²) < 4.78 is 2.45. The minimum Gasteiger partial charge on any atom is -0.710 e. The fourth-order valence-corrected chi connectivity index (χ4v) is 2.73. The summed E-state index contributed by atoms with van der Waals surface area (Å²) in [4.78, 5) is 22.7. The highest BCUT2D eigenvalue weighted by Crippen LogP contribution is 2.29. The van der Waals surface area contributed by atoms with E-state index in [-0.39, 0.29) is 17.6 Å². The standard InChI is InChI=1S/C13H20N4O3/c1-9-12(13(19)15-14-10(2)18)17(20)8-16(9)11-6-4-3-5-7-11/h8,11H,3-7H2,1-2H3,(H,14,18)(H,15,19). The maximum atomic E-state index is 11.9. The number of hydrogen-bond donors (Lipinski definition) is 2. The van der Waals surface area contributed by atoms with Crippen molar-refractivity contribution < 1.29 is 14.3 Å². The second-order valence-corrected chi connectivity index (χ2v) is 5.21. The van der Waals surface area contributed by atoms with Crippen LogP contribution in [0, 0.1) is 12.1 Å². The van der Waals surface area contributed by atoms with E-state index in [0.717, 1.165) is 25.7 Å². The van der Waals surface area contributed by atoms with Crippen LogP contribution in [0.1, 0.15) is 61.3 Å². The molecular formula is C13H20N4O3. The molecule has 20 heavy (non-hydrogen) atoms. The predicted octanol–water partition coefficient (Wildman–Crippen LogP) is 0.716. The lowest BCUT2D eigenvalue weighted by Crippen LogP contribution is -2.45. The maximum absolute atomic E-state index is 11.9. The van der Waals surface area contributed by atoms with E-state index < -0.39 is 5.91 Å². The van der Waals surface area contributed by atoms with E-state index in [9.17, 15) is 14.8 Å². The van der Waals surface area contributed by atoms with Gasteiger partial charge in [-0.25, -0.2) is 9.30 Å². The van der Waals surface area contributed by atoms with Gasteiger partial charge in [-0.3, -0.25) is 20.4 Å². The molecule has 0 unspecified atom stereocenters. The summed E-state index contributed by atoms with van der Waals surface area (Å²) in [5.41, 5.74) is 5.08. The van der Waals surface area contributed by atoms with E-state index in [2.05, 4.69) is 10.9 Å². The minimum absolute atomic E-state index is 0.0318. The quantitative estimate of drug-likeness (QED) is 0.475. The molecule has 1 aliphatic carbocycles. The summed E-state index contributed by atoms with van der Waals surface area (Å²) in [6.45, 7) is 3.04. The average molecular weight is 280 g/mol. The number of aromatic nitrogens is 2. The van der Waals surface area contributed by atoms with Crippen LogP contribution in [0.15, 0.2) is 6.33 Å². The SMILES string of the molecule is CC(=O)NNC(=O)c1c(C)n(C2CCCCC2)c[n+]1[O-]. The smallest absolute Gasteiger partial charge is 0.314 e. The van der Waals surface area contributed by atoms with E-state index >= 15 is 0 Å². The monoisotopic (exact) mass is 280 g/mol. The van der Waals surface area contributed by atoms with Crippen LogP contribution < -0.4 is 15.6 Å². The van der Waals surface area contributed by atoms with Gasteiger partial charge in [0, 0.05) is 13.8 Å². The van der Waals surface area contributed by atoms with Crippen LogP contribution in [0.4, 0.5) is 0 Å². The van der Waals surface area contributed by atoms with Crippen LogP contribution in [-0.2, 0) is 4.79 Å². The van der Waals surface area contributed by atoms with Gasteiger partial charge < -0.3 is 5.21 Å². The maximum Gasteiger partial charge on any atom is 0.314 e. The number of hydrogen-bond acceptors (Lipinski definition) is 3. The molecule has 0 bridgehead atoms. The van der Waals surface area contributed by atoms with E-state index in [0.29, 0.717) is 10.4 Å². The Kier molecular flexibility index (Phi) is 4.26. The molecule has 7 nitrogen and oxygen atoms in total. The van der Waals surface area contributed by atoms with Gasteiger partial charge in [-0.15, -0.1) is 0 Å². The highest BCUT2D eigenvalue weighted by molar-refractivity contribution is 5.93. The summed E-state index contributed by atoms with van der Waals surface area (Å²) in [5.74, 6) is -0.984. The van der Waals surface area contributed by atoms with Gasteiger partial charge in [0.2, 0.25) is 17.9 Å². The Morgan fingerprint density at radius 2 is 1.95 bits per heavy atom. The van der Waals surface area contributed by atoms with Crippen molar-refractivity contribution in [3.05, 3.63) is 22.9 Å². The number of amides is 2. The Balaban J connectivity index is 2.19. The van der Waals surface area contributed by atoms with Gasteiger partial charge in [-0.2, -0.15) is 0 Å². The van der Waals surface area contributed by atoms with E-state index in [4.69, 9.17) is 0 Å². The zero-order chi connectivity index (χ0) is 14.7. The van der Waals surface area contributed by atoms with Crippen LogP contribution >= 0.6 is 0 Å². The van der Waals surface area contributed by atoms with Crippen LogP contribution in [0.3, 0.4) is 0 Å². The Labute approximate surface area is 117 Å². The number of hydrazine groups is 1. The molecule has 1 fully saturated rings. The molecular weight excluding hydrogens is 260 g/mol. The molecule has 1 aliphatic rings. The fourth-order valence-electron chi connectivity index (χ4n) is 2.73. The molecule has 1 heterocycles. The van der Waals surface area contributed by atoms with Gasteiger partial charge in [0.1, 0.15) is 6.04 Å². The van der Waals surface area contributed by atoms with Gasteiger partial charge >= 0.3 is 5.91 Å². The number of carbonyl (C=O) groups is 2. The van der Waals surface area contributed by atoms with Crippen molar-refractivity contribution in [1.29, 1.82) is 0 Å². The molecule has 0 radical (unpaired) electrons. The lowest BCUT2D eigenvalue weighted by Gasteiger charge is -2.19.